The molecular formula is C14H19FN2OS. The molecule has 1 heterocycles. The van der Waals surface area contributed by atoms with Crippen LogP contribution in [0.5, 0.6) is 0 Å². The molecule has 0 unspecified atom stereocenters. The number of nitrogens with zero attached hydrogens (tertiary/aromatic N) is 1. The van der Waals surface area contributed by atoms with Crippen molar-refractivity contribution in [2.75, 3.05) is 24.6 Å². The van der Waals surface area contributed by atoms with Gasteiger partial charge >= 0.3 is 0 Å². The van der Waals surface area contributed by atoms with Crippen LogP contribution >= 0.6 is 12.2 Å². The zero-order valence-corrected chi connectivity index (χ0v) is 11.9. The molecule has 5 heteroatoms. The minimum atomic E-state index is -0.350. The number of benzene rings is 1. The van der Waals surface area contributed by atoms with Crippen LogP contribution in [0.25, 0.3) is 0 Å². The van der Waals surface area contributed by atoms with Gasteiger partial charge in [0.15, 0.2) is 0 Å². The molecule has 2 N–H and O–H groups in total. The third kappa shape index (κ3) is 3.42. The summed E-state index contributed by atoms with van der Waals surface area (Å²) in [5, 5.41) is 0. The lowest BCUT2D eigenvalue weighted by molar-refractivity contribution is 0.0459. The fourth-order valence-corrected chi connectivity index (χ4v) is 2.58. The Labute approximate surface area is 118 Å². The van der Waals surface area contributed by atoms with Gasteiger partial charge in [0, 0.05) is 30.9 Å². The Bertz CT molecular complexity index is 459. The maximum Gasteiger partial charge on any atom is 0.135 e. The van der Waals surface area contributed by atoms with Crippen molar-refractivity contribution in [1.29, 1.82) is 0 Å². The molecule has 2 rings (SSSR count). The predicted octanol–water partition coefficient (Wildman–Crippen LogP) is 2.47. The van der Waals surface area contributed by atoms with E-state index in [1.807, 2.05) is 13.0 Å². The predicted molar refractivity (Wildman–Crippen MR) is 79.1 cm³/mol. The van der Waals surface area contributed by atoms with Gasteiger partial charge in [0.05, 0.1) is 6.10 Å². The SMILES string of the molecule is CCOC1CCN(c2ccc(C(N)=S)c(F)c2)CC1. The summed E-state index contributed by atoms with van der Waals surface area (Å²) in [6, 6.07) is 5.04. The van der Waals surface area contributed by atoms with Crippen molar-refractivity contribution in [2.24, 2.45) is 5.73 Å². The van der Waals surface area contributed by atoms with Crippen LogP contribution in [0.1, 0.15) is 25.3 Å². The number of halogens is 1. The molecular weight excluding hydrogens is 263 g/mol. The molecule has 0 atom stereocenters. The zero-order valence-electron chi connectivity index (χ0n) is 11.1. The average molecular weight is 282 g/mol. The van der Waals surface area contributed by atoms with Gasteiger partial charge in [-0.2, -0.15) is 0 Å². The minimum absolute atomic E-state index is 0.0964. The molecule has 0 aromatic heterocycles. The van der Waals surface area contributed by atoms with Crippen LogP contribution in [0, 0.1) is 5.82 Å². The van der Waals surface area contributed by atoms with Crippen LogP contribution in [0.3, 0.4) is 0 Å². The normalized spacial score (nSPS) is 16.6. The summed E-state index contributed by atoms with van der Waals surface area (Å²) in [6.07, 6.45) is 2.29. The van der Waals surface area contributed by atoms with Gasteiger partial charge in [-0.3, -0.25) is 0 Å². The van der Waals surface area contributed by atoms with E-state index in [1.54, 1.807) is 6.07 Å². The number of ether oxygens (including phenoxy) is 1. The van der Waals surface area contributed by atoms with E-state index in [-0.39, 0.29) is 10.8 Å². The minimum Gasteiger partial charge on any atom is -0.389 e. The molecule has 0 aliphatic carbocycles. The Morgan fingerprint density at radius 3 is 2.68 bits per heavy atom. The van der Waals surface area contributed by atoms with Crippen molar-refractivity contribution in [3.63, 3.8) is 0 Å². The van der Waals surface area contributed by atoms with Gasteiger partial charge in [0.2, 0.25) is 0 Å². The van der Waals surface area contributed by atoms with Crippen molar-refractivity contribution in [3.8, 4) is 0 Å². The van der Waals surface area contributed by atoms with Gasteiger partial charge in [-0.1, -0.05) is 12.2 Å². The zero-order chi connectivity index (χ0) is 13.8. The summed E-state index contributed by atoms with van der Waals surface area (Å²) in [5.74, 6) is -0.350. The van der Waals surface area contributed by atoms with E-state index in [4.69, 9.17) is 22.7 Å². The fourth-order valence-electron chi connectivity index (χ4n) is 2.42. The lowest BCUT2D eigenvalue weighted by atomic mass is 10.1. The van der Waals surface area contributed by atoms with Gasteiger partial charge in [-0.15, -0.1) is 0 Å². The van der Waals surface area contributed by atoms with Gasteiger partial charge < -0.3 is 15.4 Å². The third-order valence-corrected chi connectivity index (χ3v) is 3.65. The lowest BCUT2D eigenvalue weighted by Crippen LogP contribution is -2.37. The van der Waals surface area contributed by atoms with E-state index in [9.17, 15) is 4.39 Å². The van der Waals surface area contributed by atoms with E-state index in [2.05, 4.69) is 4.90 Å². The first-order chi connectivity index (χ1) is 9.11. The summed E-state index contributed by atoms with van der Waals surface area (Å²) < 4.78 is 19.4. The molecule has 1 aliphatic heterocycles. The van der Waals surface area contributed by atoms with E-state index in [1.165, 1.54) is 6.07 Å². The highest BCUT2D eigenvalue weighted by atomic mass is 32.1. The second kappa shape index (κ2) is 6.30. The smallest absolute Gasteiger partial charge is 0.135 e. The summed E-state index contributed by atoms with van der Waals surface area (Å²) in [7, 11) is 0. The van der Waals surface area contributed by atoms with Crippen LogP contribution in [0.2, 0.25) is 0 Å². The van der Waals surface area contributed by atoms with Crippen molar-refractivity contribution < 1.29 is 9.13 Å². The van der Waals surface area contributed by atoms with Gasteiger partial charge in [-0.05, 0) is 38.0 Å². The standard InChI is InChI=1S/C14H19FN2OS/c1-2-18-11-5-7-17(8-6-11)10-3-4-12(14(16)19)13(15)9-10/h3-4,9,11H,2,5-8H2,1H3,(H2,16,19). The number of anilines is 1. The molecule has 0 bridgehead atoms. The molecule has 19 heavy (non-hydrogen) atoms. The van der Waals surface area contributed by atoms with E-state index in [0.717, 1.165) is 38.2 Å². The summed E-state index contributed by atoms with van der Waals surface area (Å²) in [4.78, 5) is 2.26. The molecule has 0 spiro atoms. The topological polar surface area (TPSA) is 38.5 Å². The molecule has 1 aromatic rings. The van der Waals surface area contributed by atoms with Crippen molar-refractivity contribution in [1.82, 2.24) is 0 Å². The number of piperidine rings is 1. The van der Waals surface area contributed by atoms with E-state index in [0.29, 0.717) is 11.7 Å². The summed E-state index contributed by atoms with van der Waals surface area (Å²) in [6.45, 7) is 4.53. The summed E-state index contributed by atoms with van der Waals surface area (Å²) in [5.41, 5.74) is 6.65. The fraction of sp³-hybridized carbons (Fsp3) is 0.500. The number of hydrogen-bond donors (Lipinski definition) is 1. The average Bonchev–Trinajstić information content (AvgIpc) is 2.39. The highest BCUT2D eigenvalue weighted by Crippen LogP contribution is 2.23. The van der Waals surface area contributed by atoms with Gasteiger partial charge in [0.25, 0.3) is 0 Å². The first-order valence-electron chi connectivity index (χ1n) is 6.57. The van der Waals surface area contributed by atoms with E-state index >= 15 is 0 Å². The van der Waals surface area contributed by atoms with Crippen LogP contribution in [-0.4, -0.2) is 30.8 Å². The number of rotatable bonds is 4. The Hall–Kier alpha value is -1.20. The molecule has 0 saturated carbocycles. The third-order valence-electron chi connectivity index (χ3n) is 3.43. The van der Waals surface area contributed by atoms with Crippen LogP contribution in [-0.2, 0) is 4.74 Å². The molecule has 1 saturated heterocycles. The maximum atomic E-state index is 13.8. The Morgan fingerprint density at radius 2 is 2.16 bits per heavy atom. The van der Waals surface area contributed by atoms with Crippen molar-refractivity contribution in [2.45, 2.75) is 25.9 Å². The van der Waals surface area contributed by atoms with Crippen molar-refractivity contribution in [3.05, 3.63) is 29.6 Å². The molecule has 0 amide bonds. The Balaban J connectivity index is 2.04. The molecule has 1 fully saturated rings. The van der Waals surface area contributed by atoms with Gasteiger partial charge in [-0.25, -0.2) is 4.39 Å². The van der Waals surface area contributed by atoms with Crippen LogP contribution in [0.4, 0.5) is 10.1 Å². The number of nitrogens with two attached hydrogens (primary N) is 1. The second-order valence-corrected chi connectivity index (χ2v) is 5.11. The first-order valence-corrected chi connectivity index (χ1v) is 6.98. The Morgan fingerprint density at radius 1 is 1.47 bits per heavy atom. The molecule has 0 radical (unpaired) electrons. The lowest BCUT2D eigenvalue weighted by Gasteiger charge is -2.33. The van der Waals surface area contributed by atoms with Crippen molar-refractivity contribution >= 4 is 22.9 Å². The first kappa shape index (κ1) is 14.2. The molecule has 1 aromatic carbocycles. The largest absolute Gasteiger partial charge is 0.389 e. The maximum absolute atomic E-state index is 13.8. The van der Waals surface area contributed by atoms with Gasteiger partial charge in [0.1, 0.15) is 10.8 Å². The monoisotopic (exact) mass is 282 g/mol. The Kier molecular flexibility index (Phi) is 4.71. The van der Waals surface area contributed by atoms with Crippen LogP contribution < -0.4 is 10.6 Å². The quantitative estimate of drug-likeness (QED) is 0.861. The van der Waals surface area contributed by atoms with E-state index < -0.39 is 0 Å². The highest BCUT2D eigenvalue weighted by molar-refractivity contribution is 7.80. The molecule has 3 nitrogen and oxygen atoms in total. The highest BCUT2D eigenvalue weighted by Gasteiger charge is 2.20. The summed E-state index contributed by atoms with van der Waals surface area (Å²) >= 11 is 4.80. The second-order valence-electron chi connectivity index (χ2n) is 4.67. The number of thiocarbonyl (C=S) groups is 1. The molecule has 1 aliphatic rings. The number of hydrogen-bond acceptors (Lipinski definition) is 3. The van der Waals surface area contributed by atoms with Crippen LogP contribution in [0.15, 0.2) is 18.2 Å². The molecule has 104 valence electrons.